The fourth-order valence-electron chi connectivity index (χ4n) is 1.67. The van der Waals surface area contributed by atoms with Gasteiger partial charge < -0.3 is 4.74 Å². The highest BCUT2D eigenvalue weighted by atomic mass is 32.2. The van der Waals surface area contributed by atoms with E-state index < -0.39 is 10.0 Å². The van der Waals surface area contributed by atoms with Crippen molar-refractivity contribution in [2.75, 3.05) is 6.54 Å². The van der Waals surface area contributed by atoms with E-state index in [0.717, 1.165) is 0 Å². The van der Waals surface area contributed by atoms with Crippen molar-refractivity contribution in [2.45, 2.75) is 18.7 Å². The molecule has 1 N–H and O–H groups in total. The lowest BCUT2D eigenvalue weighted by Crippen LogP contribution is -2.27. The largest absolute Gasteiger partial charge is 0.457 e. The van der Waals surface area contributed by atoms with Gasteiger partial charge in [-0.3, -0.25) is 0 Å². The molecule has 0 spiro atoms. The summed E-state index contributed by atoms with van der Waals surface area (Å²) < 4.78 is 32.3. The van der Waals surface area contributed by atoms with Crippen LogP contribution < -0.4 is 9.46 Å². The van der Waals surface area contributed by atoms with Crippen molar-refractivity contribution in [3.8, 4) is 11.5 Å². The number of benzene rings is 2. The molecule has 0 amide bonds. The molecule has 0 aliphatic heterocycles. The van der Waals surface area contributed by atoms with E-state index in [9.17, 15) is 8.42 Å². The molecule has 0 aromatic heterocycles. The predicted octanol–water partition coefficient (Wildman–Crippen LogP) is 3.41. The van der Waals surface area contributed by atoms with Crippen LogP contribution in [0, 0.1) is 5.92 Å². The predicted molar refractivity (Wildman–Crippen MR) is 83.0 cm³/mol. The molecule has 0 atom stereocenters. The third-order valence-corrected chi connectivity index (χ3v) is 4.23. The lowest BCUT2D eigenvalue weighted by atomic mass is 10.2. The highest BCUT2D eigenvalue weighted by Crippen LogP contribution is 2.22. The summed E-state index contributed by atoms with van der Waals surface area (Å²) in [7, 11) is -3.45. The topological polar surface area (TPSA) is 55.4 Å². The van der Waals surface area contributed by atoms with Gasteiger partial charge >= 0.3 is 0 Å². The summed E-state index contributed by atoms with van der Waals surface area (Å²) in [5, 5.41) is 0. The monoisotopic (exact) mass is 305 g/mol. The molecule has 0 radical (unpaired) electrons. The molecule has 2 aromatic carbocycles. The molecule has 0 bridgehead atoms. The van der Waals surface area contributed by atoms with Crippen LogP contribution in [-0.2, 0) is 10.0 Å². The molecule has 0 heterocycles. The quantitative estimate of drug-likeness (QED) is 0.889. The zero-order valence-corrected chi connectivity index (χ0v) is 12.9. The Balaban J connectivity index is 2.08. The minimum Gasteiger partial charge on any atom is -0.457 e. The molecule has 2 aromatic rings. The molecular weight excluding hydrogens is 286 g/mol. The summed E-state index contributed by atoms with van der Waals surface area (Å²) in [6, 6.07) is 15.7. The number of para-hydroxylation sites is 1. The number of nitrogens with one attached hydrogen (secondary N) is 1. The average Bonchev–Trinajstić information content (AvgIpc) is 2.47. The zero-order valence-electron chi connectivity index (χ0n) is 12.1. The fourth-order valence-corrected chi connectivity index (χ4v) is 2.88. The van der Waals surface area contributed by atoms with Crippen molar-refractivity contribution in [2.24, 2.45) is 5.92 Å². The Bertz CT molecular complexity index is 664. The summed E-state index contributed by atoms with van der Waals surface area (Å²) in [5.74, 6) is 1.58. The Morgan fingerprint density at radius 3 is 2.10 bits per heavy atom. The first-order valence-corrected chi connectivity index (χ1v) is 8.28. The highest BCUT2D eigenvalue weighted by molar-refractivity contribution is 7.89. The summed E-state index contributed by atoms with van der Waals surface area (Å²) in [6.45, 7) is 4.34. The van der Waals surface area contributed by atoms with E-state index in [4.69, 9.17) is 4.74 Å². The van der Waals surface area contributed by atoms with Gasteiger partial charge in [0.25, 0.3) is 0 Å². The highest BCUT2D eigenvalue weighted by Gasteiger charge is 2.14. The molecule has 0 saturated heterocycles. The van der Waals surface area contributed by atoms with E-state index >= 15 is 0 Å². The van der Waals surface area contributed by atoms with Crippen LogP contribution in [0.1, 0.15) is 13.8 Å². The van der Waals surface area contributed by atoms with E-state index in [1.165, 1.54) is 0 Å². The van der Waals surface area contributed by atoms with Gasteiger partial charge in [0.1, 0.15) is 11.5 Å². The lowest BCUT2D eigenvalue weighted by molar-refractivity contribution is 0.482. The first kappa shape index (κ1) is 15.5. The third-order valence-electron chi connectivity index (χ3n) is 2.79. The second-order valence-electron chi connectivity index (χ2n) is 5.13. The van der Waals surface area contributed by atoms with Gasteiger partial charge in [-0.1, -0.05) is 32.0 Å². The van der Waals surface area contributed by atoms with Crippen LogP contribution in [0.2, 0.25) is 0 Å². The first-order chi connectivity index (χ1) is 9.97. The molecule has 0 fully saturated rings. The van der Waals surface area contributed by atoms with Crippen molar-refractivity contribution in [1.29, 1.82) is 0 Å². The Labute approximate surface area is 125 Å². The van der Waals surface area contributed by atoms with E-state index in [1.54, 1.807) is 24.3 Å². The van der Waals surface area contributed by atoms with Crippen molar-refractivity contribution in [3.63, 3.8) is 0 Å². The second kappa shape index (κ2) is 6.74. The SMILES string of the molecule is CC(C)CNS(=O)(=O)c1ccc(Oc2ccccc2)cc1. The molecule has 2 rings (SSSR count). The molecule has 21 heavy (non-hydrogen) atoms. The molecule has 0 aliphatic rings. The standard InChI is InChI=1S/C16H19NO3S/c1-13(2)12-17-21(18,19)16-10-8-15(9-11-16)20-14-6-4-3-5-7-14/h3-11,13,17H,12H2,1-2H3. The zero-order chi connectivity index (χ0) is 15.3. The van der Waals surface area contributed by atoms with Crippen LogP contribution in [0.4, 0.5) is 0 Å². The molecule has 0 aliphatic carbocycles. The molecule has 4 nitrogen and oxygen atoms in total. The summed E-state index contributed by atoms with van der Waals surface area (Å²) in [5.41, 5.74) is 0. The summed E-state index contributed by atoms with van der Waals surface area (Å²) in [6.07, 6.45) is 0. The van der Waals surface area contributed by atoms with Gasteiger partial charge in [0, 0.05) is 6.54 Å². The molecular formula is C16H19NO3S. The van der Waals surface area contributed by atoms with Crippen LogP contribution >= 0.6 is 0 Å². The first-order valence-electron chi connectivity index (χ1n) is 6.80. The van der Waals surface area contributed by atoms with Gasteiger partial charge in [-0.15, -0.1) is 0 Å². The maximum absolute atomic E-state index is 12.1. The van der Waals surface area contributed by atoms with Crippen LogP contribution in [0.3, 0.4) is 0 Å². The van der Waals surface area contributed by atoms with E-state index in [-0.39, 0.29) is 10.8 Å². The Morgan fingerprint density at radius 1 is 0.952 bits per heavy atom. The summed E-state index contributed by atoms with van der Waals surface area (Å²) >= 11 is 0. The summed E-state index contributed by atoms with van der Waals surface area (Å²) in [4.78, 5) is 0.239. The van der Waals surface area contributed by atoms with E-state index in [0.29, 0.717) is 18.0 Å². The Morgan fingerprint density at radius 2 is 1.52 bits per heavy atom. The van der Waals surface area contributed by atoms with Crippen LogP contribution in [0.15, 0.2) is 59.5 Å². The minimum atomic E-state index is -3.45. The van der Waals surface area contributed by atoms with Crippen molar-refractivity contribution in [3.05, 3.63) is 54.6 Å². The van der Waals surface area contributed by atoms with Crippen molar-refractivity contribution >= 4 is 10.0 Å². The van der Waals surface area contributed by atoms with Crippen molar-refractivity contribution in [1.82, 2.24) is 4.72 Å². The minimum absolute atomic E-state index is 0.239. The van der Waals surface area contributed by atoms with Gasteiger partial charge in [0.15, 0.2) is 0 Å². The third kappa shape index (κ3) is 4.58. The number of hydrogen-bond acceptors (Lipinski definition) is 3. The fraction of sp³-hybridized carbons (Fsp3) is 0.250. The smallest absolute Gasteiger partial charge is 0.240 e. The van der Waals surface area contributed by atoms with E-state index in [1.807, 2.05) is 44.2 Å². The molecule has 0 unspecified atom stereocenters. The molecule has 0 saturated carbocycles. The van der Waals surface area contributed by atoms with Crippen LogP contribution in [0.25, 0.3) is 0 Å². The number of ether oxygens (including phenoxy) is 1. The molecule has 112 valence electrons. The van der Waals surface area contributed by atoms with Gasteiger partial charge in [0.2, 0.25) is 10.0 Å². The van der Waals surface area contributed by atoms with E-state index in [2.05, 4.69) is 4.72 Å². The molecule has 5 heteroatoms. The maximum atomic E-state index is 12.1. The van der Waals surface area contributed by atoms with Crippen molar-refractivity contribution < 1.29 is 13.2 Å². The average molecular weight is 305 g/mol. The van der Waals surface area contributed by atoms with Crippen LogP contribution in [0.5, 0.6) is 11.5 Å². The second-order valence-corrected chi connectivity index (χ2v) is 6.90. The lowest BCUT2D eigenvalue weighted by Gasteiger charge is -2.10. The van der Waals surface area contributed by atoms with Gasteiger partial charge in [0.05, 0.1) is 4.90 Å². The van der Waals surface area contributed by atoms with Gasteiger partial charge in [-0.05, 0) is 42.3 Å². The number of rotatable bonds is 6. The number of sulfonamides is 1. The van der Waals surface area contributed by atoms with Gasteiger partial charge in [-0.2, -0.15) is 0 Å². The van der Waals surface area contributed by atoms with Crippen LogP contribution in [-0.4, -0.2) is 15.0 Å². The maximum Gasteiger partial charge on any atom is 0.240 e. The Kier molecular flexibility index (Phi) is 4.98. The number of hydrogen-bond donors (Lipinski definition) is 1. The normalized spacial score (nSPS) is 11.6. The Hall–Kier alpha value is -1.85. The van der Waals surface area contributed by atoms with Gasteiger partial charge in [-0.25, -0.2) is 13.1 Å².